The minimum atomic E-state index is -4.33. The van der Waals surface area contributed by atoms with Crippen LogP contribution in [0.15, 0.2) is 53.5 Å². The fourth-order valence-electron chi connectivity index (χ4n) is 3.27. The number of carbonyl (C=O) groups excluding carboxylic acids is 1. The number of aromatic nitrogens is 1. The molecule has 0 radical (unpaired) electrons. The van der Waals surface area contributed by atoms with Crippen LogP contribution in [-0.2, 0) is 24.1 Å². The zero-order valence-corrected chi connectivity index (χ0v) is 15.4. The van der Waals surface area contributed by atoms with Crippen LogP contribution >= 0.6 is 0 Å². The van der Waals surface area contributed by atoms with Gasteiger partial charge in [-0.05, 0) is 30.2 Å². The molecule has 28 heavy (non-hydrogen) atoms. The van der Waals surface area contributed by atoms with Crippen molar-refractivity contribution in [3.63, 3.8) is 0 Å². The van der Waals surface area contributed by atoms with E-state index >= 15 is 0 Å². The Balaban J connectivity index is 1.55. The second-order valence-corrected chi connectivity index (χ2v) is 6.87. The van der Waals surface area contributed by atoms with Crippen molar-refractivity contribution in [3.05, 3.63) is 70.1 Å². The Morgan fingerprint density at radius 1 is 0.964 bits per heavy atom. The van der Waals surface area contributed by atoms with Crippen LogP contribution in [0.1, 0.15) is 17.5 Å². The second kappa shape index (κ2) is 8.60. The molecule has 5 nitrogen and oxygen atoms in total. The van der Waals surface area contributed by atoms with Crippen LogP contribution in [0, 0.1) is 0 Å². The molecule has 0 unspecified atom stereocenters. The Kier molecular flexibility index (Phi) is 6.18. The average molecular weight is 393 g/mol. The van der Waals surface area contributed by atoms with Crippen LogP contribution in [0.4, 0.5) is 13.2 Å². The molecule has 150 valence electrons. The lowest BCUT2D eigenvalue weighted by atomic mass is 10.1. The standard InChI is InChI=1S/C20H22F3N3O2/c21-20(22,23)17-7-5-16(6-8-17)14-24-9-3-11-25(13-12-24)19(28)15-26-10-2-1-4-18(26)27/h1-2,4-8,10H,3,9,11-15H2. The summed E-state index contributed by atoms with van der Waals surface area (Å²) in [5, 5.41) is 0. The van der Waals surface area contributed by atoms with Gasteiger partial charge in [-0.25, -0.2) is 0 Å². The van der Waals surface area contributed by atoms with Gasteiger partial charge in [-0.15, -0.1) is 0 Å². The van der Waals surface area contributed by atoms with Crippen LogP contribution in [0.25, 0.3) is 0 Å². The van der Waals surface area contributed by atoms with Gasteiger partial charge in [0.25, 0.3) is 5.56 Å². The van der Waals surface area contributed by atoms with E-state index in [1.54, 1.807) is 23.2 Å². The quantitative estimate of drug-likeness (QED) is 0.802. The smallest absolute Gasteiger partial charge is 0.340 e. The number of halogens is 3. The van der Waals surface area contributed by atoms with E-state index < -0.39 is 11.7 Å². The molecule has 0 bridgehead atoms. The fourth-order valence-corrected chi connectivity index (χ4v) is 3.27. The van der Waals surface area contributed by atoms with Crippen molar-refractivity contribution in [2.45, 2.75) is 25.7 Å². The molecule has 0 spiro atoms. The Bertz CT molecular complexity index is 862. The molecule has 0 N–H and O–H groups in total. The van der Waals surface area contributed by atoms with E-state index in [0.717, 1.165) is 30.7 Å². The van der Waals surface area contributed by atoms with E-state index in [1.165, 1.54) is 22.8 Å². The molecule has 0 saturated carbocycles. The number of nitrogens with zero attached hydrogens (tertiary/aromatic N) is 3. The van der Waals surface area contributed by atoms with Gasteiger partial charge in [0.2, 0.25) is 5.91 Å². The first-order valence-corrected chi connectivity index (χ1v) is 9.15. The summed E-state index contributed by atoms with van der Waals surface area (Å²) >= 11 is 0. The maximum absolute atomic E-state index is 12.7. The van der Waals surface area contributed by atoms with Crippen LogP contribution in [0.2, 0.25) is 0 Å². The highest BCUT2D eigenvalue weighted by molar-refractivity contribution is 5.76. The predicted octanol–water partition coefficient (Wildman–Crippen LogP) is 2.60. The third-order valence-corrected chi connectivity index (χ3v) is 4.83. The molecule has 1 amide bonds. The van der Waals surface area contributed by atoms with E-state index in [2.05, 4.69) is 4.90 Å². The molecule has 0 atom stereocenters. The second-order valence-electron chi connectivity index (χ2n) is 6.87. The van der Waals surface area contributed by atoms with Crippen molar-refractivity contribution in [2.24, 2.45) is 0 Å². The van der Waals surface area contributed by atoms with Gasteiger partial charge >= 0.3 is 6.18 Å². The first-order chi connectivity index (χ1) is 13.3. The molecule has 2 aromatic rings. The number of hydrogen-bond donors (Lipinski definition) is 0. The number of hydrogen-bond acceptors (Lipinski definition) is 3. The first-order valence-electron chi connectivity index (χ1n) is 9.15. The minimum absolute atomic E-state index is 0.0125. The molecule has 1 aromatic heterocycles. The van der Waals surface area contributed by atoms with E-state index in [4.69, 9.17) is 0 Å². The summed E-state index contributed by atoms with van der Waals surface area (Å²) in [6, 6.07) is 9.96. The summed E-state index contributed by atoms with van der Waals surface area (Å²) in [6.07, 6.45) is -1.96. The number of pyridine rings is 1. The zero-order valence-electron chi connectivity index (χ0n) is 15.4. The van der Waals surface area contributed by atoms with Gasteiger partial charge in [0.15, 0.2) is 0 Å². The Morgan fingerprint density at radius 2 is 1.71 bits per heavy atom. The summed E-state index contributed by atoms with van der Waals surface area (Å²) in [5.41, 5.74) is -0.0572. The molecular formula is C20H22F3N3O2. The lowest BCUT2D eigenvalue weighted by Gasteiger charge is -2.22. The van der Waals surface area contributed by atoms with Crippen molar-refractivity contribution in [1.82, 2.24) is 14.4 Å². The molecular weight excluding hydrogens is 371 g/mol. The predicted molar refractivity (Wildman–Crippen MR) is 98.6 cm³/mol. The van der Waals surface area contributed by atoms with Crippen molar-refractivity contribution in [2.75, 3.05) is 26.2 Å². The molecule has 2 heterocycles. The topological polar surface area (TPSA) is 45.6 Å². The normalized spacial score (nSPS) is 16.0. The third-order valence-electron chi connectivity index (χ3n) is 4.83. The fraction of sp³-hybridized carbons (Fsp3) is 0.400. The third kappa shape index (κ3) is 5.22. The van der Waals surface area contributed by atoms with Gasteiger partial charge < -0.3 is 9.47 Å². The lowest BCUT2D eigenvalue weighted by Crippen LogP contribution is -2.38. The molecule has 3 rings (SSSR count). The Labute approximate surface area is 161 Å². The highest BCUT2D eigenvalue weighted by Crippen LogP contribution is 2.29. The molecule has 8 heteroatoms. The molecule has 0 aliphatic carbocycles. The van der Waals surface area contributed by atoms with Crippen LogP contribution in [-0.4, -0.2) is 46.5 Å². The van der Waals surface area contributed by atoms with E-state index in [9.17, 15) is 22.8 Å². The van der Waals surface area contributed by atoms with Crippen molar-refractivity contribution < 1.29 is 18.0 Å². The van der Waals surface area contributed by atoms with Crippen molar-refractivity contribution in [3.8, 4) is 0 Å². The maximum Gasteiger partial charge on any atom is 0.416 e. The number of rotatable bonds is 4. The van der Waals surface area contributed by atoms with Gasteiger partial charge in [-0.2, -0.15) is 13.2 Å². The Morgan fingerprint density at radius 3 is 2.39 bits per heavy atom. The summed E-state index contributed by atoms with van der Waals surface area (Å²) in [7, 11) is 0. The van der Waals surface area contributed by atoms with Crippen LogP contribution < -0.4 is 5.56 Å². The first kappa shape index (κ1) is 20.1. The van der Waals surface area contributed by atoms with E-state index in [-0.39, 0.29) is 18.0 Å². The minimum Gasteiger partial charge on any atom is -0.340 e. The molecule has 1 aliphatic heterocycles. The summed E-state index contributed by atoms with van der Waals surface area (Å²) in [5.74, 6) is -0.107. The number of carbonyl (C=O) groups is 1. The highest BCUT2D eigenvalue weighted by Gasteiger charge is 2.30. The van der Waals surface area contributed by atoms with E-state index in [1.807, 2.05) is 0 Å². The van der Waals surface area contributed by atoms with Gasteiger partial charge in [0.1, 0.15) is 6.54 Å². The van der Waals surface area contributed by atoms with Crippen molar-refractivity contribution in [1.29, 1.82) is 0 Å². The summed E-state index contributed by atoms with van der Waals surface area (Å²) in [6.45, 7) is 3.08. The van der Waals surface area contributed by atoms with E-state index in [0.29, 0.717) is 26.2 Å². The monoisotopic (exact) mass is 393 g/mol. The highest BCUT2D eigenvalue weighted by atomic mass is 19.4. The van der Waals surface area contributed by atoms with Gasteiger partial charge in [-0.1, -0.05) is 18.2 Å². The summed E-state index contributed by atoms with van der Waals surface area (Å²) in [4.78, 5) is 28.1. The molecule has 1 aliphatic rings. The number of alkyl halides is 3. The van der Waals surface area contributed by atoms with Crippen LogP contribution in [0.3, 0.4) is 0 Å². The molecule has 1 saturated heterocycles. The largest absolute Gasteiger partial charge is 0.416 e. The van der Waals surface area contributed by atoms with Gasteiger partial charge in [0.05, 0.1) is 5.56 Å². The average Bonchev–Trinajstić information content (AvgIpc) is 2.89. The molecule has 1 fully saturated rings. The summed E-state index contributed by atoms with van der Waals surface area (Å²) < 4.78 is 39.4. The van der Waals surface area contributed by atoms with Crippen molar-refractivity contribution >= 4 is 5.91 Å². The number of benzene rings is 1. The molecule has 1 aromatic carbocycles. The maximum atomic E-state index is 12.7. The zero-order chi connectivity index (χ0) is 20.1. The van der Waals surface area contributed by atoms with Gasteiger partial charge in [0, 0.05) is 45.0 Å². The lowest BCUT2D eigenvalue weighted by molar-refractivity contribution is -0.137. The van der Waals surface area contributed by atoms with Crippen LogP contribution in [0.5, 0.6) is 0 Å². The number of amides is 1. The van der Waals surface area contributed by atoms with Gasteiger partial charge in [-0.3, -0.25) is 14.5 Å². The Hall–Kier alpha value is -2.61. The SMILES string of the molecule is O=C(Cn1ccccc1=O)N1CCCN(Cc2ccc(C(F)(F)F)cc2)CC1.